The average molecular weight is 536 g/mol. The Morgan fingerprint density at radius 3 is 2.84 bits per heavy atom. The third kappa shape index (κ3) is 6.03. The summed E-state index contributed by atoms with van der Waals surface area (Å²) in [5.41, 5.74) is 1.96. The smallest absolute Gasteiger partial charge is 0.191 e. The molecule has 0 bridgehead atoms. The van der Waals surface area contributed by atoms with Crippen LogP contribution in [0.25, 0.3) is 5.69 Å². The van der Waals surface area contributed by atoms with Gasteiger partial charge >= 0.3 is 0 Å². The summed E-state index contributed by atoms with van der Waals surface area (Å²) in [6.45, 7) is 4.57. The lowest BCUT2D eigenvalue weighted by Crippen LogP contribution is -2.47. The summed E-state index contributed by atoms with van der Waals surface area (Å²) in [7, 11) is 1.66. The molecule has 0 saturated carbocycles. The second kappa shape index (κ2) is 11.2. The third-order valence-corrected chi connectivity index (χ3v) is 4.92. The molecule has 1 atom stereocenters. The highest BCUT2D eigenvalue weighted by molar-refractivity contribution is 14.0. The zero-order chi connectivity index (χ0) is 20.8. The number of methoxy groups -OCH3 is 1. The number of aryl methyl sites for hydroxylation is 1. The number of para-hydroxylation sites is 1. The molecule has 10 heteroatoms. The lowest BCUT2D eigenvalue weighted by Gasteiger charge is -2.25. The molecule has 3 heterocycles. The summed E-state index contributed by atoms with van der Waals surface area (Å²) < 4.78 is 8.99. The molecule has 0 radical (unpaired) electrons. The number of aromatic nitrogens is 5. The summed E-state index contributed by atoms with van der Waals surface area (Å²) in [5, 5.41) is 16.0. The number of rotatable bonds is 7. The van der Waals surface area contributed by atoms with Crippen molar-refractivity contribution in [2.24, 2.45) is 4.99 Å². The van der Waals surface area contributed by atoms with E-state index in [1.54, 1.807) is 7.11 Å². The van der Waals surface area contributed by atoms with Gasteiger partial charge in [0.25, 0.3) is 0 Å². The monoisotopic (exact) mass is 536 g/mol. The molecular formula is C21H29IN8O. The summed E-state index contributed by atoms with van der Waals surface area (Å²) in [5.74, 6) is 2.55. The Morgan fingerprint density at radius 2 is 2.06 bits per heavy atom. The van der Waals surface area contributed by atoms with E-state index in [1.807, 2.05) is 52.0 Å². The number of nitrogens with one attached hydrogen (secondary N) is 2. The minimum absolute atomic E-state index is 0. The van der Waals surface area contributed by atoms with Crippen molar-refractivity contribution in [3.63, 3.8) is 0 Å². The van der Waals surface area contributed by atoms with E-state index in [1.165, 1.54) is 0 Å². The molecule has 166 valence electrons. The van der Waals surface area contributed by atoms with E-state index in [2.05, 4.69) is 32.7 Å². The maximum atomic E-state index is 5.14. The van der Waals surface area contributed by atoms with Crippen molar-refractivity contribution in [3.05, 3.63) is 59.9 Å². The molecule has 4 rings (SSSR count). The van der Waals surface area contributed by atoms with Gasteiger partial charge in [0.15, 0.2) is 11.8 Å². The molecular weight excluding hydrogens is 507 g/mol. The van der Waals surface area contributed by atoms with Gasteiger partial charge in [0.2, 0.25) is 0 Å². The molecule has 31 heavy (non-hydrogen) atoms. The standard InChI is InChI=1S/C21H28N8O.HI/c1-3-22-21(23-13-16-11-12-28(26-16)18-7-5-4-6-8-18)24-17-9-10-20-25-19(15-30-2)27-29(20)14-17;/h4-8,11-12,17H,3,9-10,13-15H2,1-2H3,(H2,22,23,24);1H. The van der Waals surface area contributed by atoms with Crippen molar-refractivity contribution in [1.82, 2.24) is 35.2 Å². The van der Waals surface area contributed by atoms with Gasteiger partial charge in [-0.25, -0.2) is 19.3 Å². The summed E-state index contributed by atoms with van der Waals surface area (Å²) in [4.78, 5) is 9.27. The number of fused-ring (bicyclic) bond motifs is 1. The summed E-state index contributed by atoms with van der Waals surface area (Å²) in [6.07, 6.45) is 3.83. The first kappa shape index (κ1) is 23.2. The minimum Gasteiger partial charge on any atom is -0.377 e. The number of nitrogens with zero attached hydrogens (tertiary/aromatic N) is 6. The first-order chi connectivity index (χ1) is 14.7. The zero-order valence-electron chi connectivity index (χ0n) is 17.9. The molecule has 1 aromatic carbocycles. The predicted molar refractivity (Wildman–Crippen MR) is 130 cm³/mol. The molecule has 9 nitrogen and oxygen atoms in total. The first-order valence-electron chi connectivity index (χ1n) is 10.3. The van der Waals surface area contributed by atoms with Gasteiger partial charge in [0, 0.05) is 32.3 Å². The maximum Gasteiger partial charge on any atom is 0.191 e. The zero-order valence-corrected chi connectivity index (χ0v) is 20.2. The maximum absolute atomic E-state index is 5.14. The number of benzene rings is 1. The highest BCUT2D eigenvalue weighted by atomic mass is 127. The van der Waals surface area contributed by atoms with Crippen LogP contribution in [-0.4, -0.2) is 50.2 Å². The highest BCUT2D eigenvalue weighted by Gasteiger charge is 2.22. The Bertz CT molecular complexity index is 984. The van der Waals surface area contributed by atoms with Gasteiger partial charge in [-0.05, 0) is 31.5 Å². The molecule has 2 aromatic heterocycles. The quantitative estimate of drug-likeness (QED) is 0.274. The molecule has 0 amide bonds. The van der Waals surface area contributed by atoms with Gasteiger partial charge in [-0.15, -0.1) is 24.0 Å². The van der Waals surface area contributed by atoms with Gasteiger partial charge < -0.3 is 15.4 Å². The Hall–Kier alpha value is -2.47. The minimum atomic E-state index is 0. The lowest BCUT2D eigenvalue weighted by molar-refractivity contribution is 0.177. The number of guanidine groups is 1. The van der Waals surface area contributed by atoms with Gasteiger partial charge in [-0.1, -0.05) is 18.2 Å². The first-order valence-corrected chi connectivity index (χ1v) is 10.3. The van der Waals surface area contributed by atoms with Crippen LogP contribution < -0.4 is 10.6 Å². The molecule has 3 aromatic rings. The van der Waals surface area contributed by atoms with E-state index in [0.29, 0.717) is 13.2 Å². The number of aliphatic imine (C=N–C) groups is 1. The number of halogens is 1. The van der Waals surface area contributed by atoms with Crippen molar-refractivity contribution < 1.29 is 4.74 Å². The third-order valence-electron chi connectivity index (χ3n) is 4.92. The van der Waals surface area contributed by atoms with E-state index in [9.17, 15) is 0 Å². The van der Waals surface area contributed by atoms with Crippen LogP contribution in [-0.2, 0) is 30.9 Å². The second-order valence-electron chi connectivity index (χ2n) is 7.22. The Labute approximate surface area is 199 Å². The van der Waals surface area contributed by atoms with Crippen LogP contribution in [0.15, 0.2) is 47.6 Å². The van der Waals surface area contributed by atoms with Gasteiger partial charge in [-0.2, -0.15) is 10.2 Å². The summed E-state index contributed by atoms with van der Waals surface area (Å²) in [6, 6.07) is 12.3. The van der Waals surface area contributed by atoms with Crippen LogP contribution in [0.2, 0.25) is 0 Å². The average Bonchev–Trinajstić information content (AvgIpc) is 3.39. The fourth-order valence-electron chi connectivity index (χ4n) is 3.51. The van der Waals surface area contributed by atoms with E-state index in [4.69, 9.17) is 9.73 Å². The molecule has 0 aliphatic carbocycles. The second-order valence-corrected chi connectivity index (χ2v) is 7.22. The van der Waals surface area contributed by atoms with Crippen LogP contribution in [0.3, 0.4) is 0 Å². The topological polar surface area (TPSA) is 94.2 Å². The van der Waals surface area contributed by atoms with Crippen molar-refractivity contribution >= 4 is 29.9 Å². The number of hydrogen-bond acceptors (Lipinski definition) is 5. The van der Waals surface area contributed by atoms with Gasteiger partial charge in [0.05, 0.1) is 24.5 Å². The van der Waals surface area contributed by atoms with Crippen molar-refractivity contribution in [3.8, 4) is 5.69 Å². The highest BCUT2D eigenvalue weighted by Crippen LogP contribution is 2.13. The van der Waals surface area contributed by atoms with E-state index < -0.39 is 0 Å². The SMILES string of the molecule is CCNC(=NCc1ccn(-c2ccccc2)n1)NC1CCc2nc(COC)nn2C1.I. The molecule has 1 unspecified atom stereocenters. The molecule has 0 saturated heterocycles. The van der Waals surface area contributed by atoms with E-state index in [0.717, 1.165) is 54.9 Å². The van der Waals surface area contributed by atoms with Crippen LogP contribution in [0, 0.1) is 0 Å². The van der Waals surface area contributed by atoms with E-state index >= 15 is 0 Å². The Morgan fingerprint density at radius 1 is 1.23 bits per heavy atom. The van der Waals surface area contributed by atoms with Crippen LogP contribution in [0.5, 0.6) is 0 Å². The van der Waals surface area contributed by atoms with Crippen molar-refractivity contribution in [2.75, 3.05) is 13.7 Å². The number of ether oxygens (including phenoxy) is 1. The molecule has 0 spiro atoms. The molecule has 2 N–H and O–H groups in total. The molecule has 1 aliphatic rings. The normalized spacial score (nSPS) is 15.8. The molecule has 1 aliphatic heterocycles. The van der Waals surface area contributed by atoms with Crippen LogP contribution in [0.4, 0.5) is 0 Å². The van der Waals surface area contributed by atoms with Crippen LogP contribution in [0.1, 0.15) is 30.7 Å². The lowest BCUT2D eigenvalue weighted by atomic mass is 10.1. The van der Waals surface area contributed by atoms with E-state index in [-0.39, 0.29) is 30.0 Å². The summed E-state index contributed by atoms with van der Waals surface area (Å²) >= 11 is 0. The fourth-order valence-corrected chi connectivity index (χ4v) is 3.51. The van der Waals surface area contributed by atoms with Gasteiger partial charge in [0.1, 0.15) is 12.4 Å². The molecule has 0 fully saturated rings. The Kier molecular flexibility index (Phi) is 8.41. The number of hydrogen-bond donors (Lipinski definition) is 2. The Balaban J connectivity index is 0.00000272. The van der Waals surface area contributed by atoms with Gasteiger partial charge in [-0.3, -0.25) is 0 Å². The fraction of sp³-hybridized carbons (Fsp3) is 0.429. The van der Waals surface area contributed by atoms with Crippen molar-refractivity contribution in [2.45, 2.75) is 45.5 Å². The van der Waals surface area contributed by atoms with Crippen molar-refractivity contribution in [1.29, 1.82) is 0 Å². The largest absolute Gasteiger partial charge is 0.377 e. The van der Waals surface area contributed by atoms with Crippen LogP contribution >= 0.6 is 24.0 Å². The predicted octanol–water partition coefficient (Wildman–Crippen LogP) is 2.30.